The van der Waals surface area contributed by atoms with Crippen molar-refractivity contribution in [1.29, 1.82) is 0 Å². The fraction of sp³-hybridized carbons (Fsp3) is 0.583. The van der Waals surface area contributed by atoms with Gasteiger partial charge in [-0.1, -0.05) is 11.6 Å². The Morgan fingerprint density at radius 3 is 3.00 bits per heavy atom. The molecule has 0 spiro atoms. The zero-order chi connectivity index (χ0) is 11.1. The van der Waals surface area contributed by atoms with Crippen LogP contribution in [0.5, 0.6) is 0 Å². The van der Waals surface area contributed by atoms with Crippen LogP contribution in [-0.2, 0) is 0 Å². The van der Waals surface area contributed by atoms with Gasteiger partial charge in [-0.25, -0.2) is 4.98 Å². The molecule has 0 amide bonds. The topological polar surface area (TPSA) is 42.1 Å². The molecule has 1 saturated heterocycles. The SMILES string of the molecule is NC1CCC2CN(c3ncccc3Cl)CC12. The van der Waals surface area contributed by atoms with Gasteiger partial charge in [0.05, 0.1) is 5.02 Å². The van der Waals surface area contributed by atoms with E-state index in [1.165, 1.54) is 12.8 Å². The number of fused-ring (bicyclic) bond motifs is 1. The van der Waals surface area contributed by atoms with Gasteiger partial charge in [0.1, 0.15) is 5.82 Å². The lowest BCUT2D eigenvalue weighted by Gasteiger charge is -2.20. The van der Waals surface area contributed by atoms with E-state index in [0.717, 1.165) is 29.8 Å². The Labute approximate surface area is 101 Å². The highest BCUT2D eigenvalue weighted by Gasteiger charge is 2.41. The Hall–Kier alpha value is -0.800. The fourth-order valence-electron chi connectivity index (χ4n) is 3.09. The Morgan fingerprint density at radius 2 is 2.25 bits per heavy atom. The van der Waals surface area contributed by atoms with Crippen molar-refractivity contribution in [1.82, 2.24) is 4.98 Å². The van der Waals surface area contributed by atoms with E-state index in [1.807, 2.05) is 12.1 Å². The van der Waals surface area contributed by atoms with Crippen LogP contribution in [0, 0.1) is 11.8 Å². The van der Waals surface area contributed by atoms with Gasteiger partial charge < -0.3 is 10.6 Å². The van der Waals surface area contributed by atoms with Crippen molar-refractivity contribution in [3.05, 3.63) is 23.4 Å². The van der Waals surface area contributed by atoms with Crippen molar-refractivity contribution in [3.63, 3.8) is 0 Å². The predicted molar refractivity (Wildman–Crippen MR) is 65.6 cm³/mol. The van der Waals surface area contributed by atoms with Gasteiger partial charge in [0, 0.05) is 25.3 Å². The first kappa shape index (κ1) is 10.4. The van der Waals surface area contributed by atoms with Crippen LogP contribution in [0.2, 0.25) is 5.02 Å². The molecule has 0 aromatic carbocycles. The minimum atomic E-state index is 0.373. The van der Waals surface area contributed by atoms with Gasteiger partial charge in [-0.15, -0.1) is 0 Å². The van der Waals surface area contributed by atoms with Gasteiger partial charge in [0.15, 0.2) is 0 Å². The molecule has 0 bridgehead atoms. The minimum absolute atomic E-state index is 0.373. The molecule has 2 fully saturated rings. The van der Waals surface area contributed by atoms with Crippen molar-refractivity contribution in [3.8, 4) is 0 Å². The summed E-state index contributed by atoms with van der Waals surface area (Å²) in [5.74, 6) is 2.30. The molecule has 3 atom stereocenters. The zero-order valence-corrected chi connectivity index (χ0v) is 9.90. The van der Waals surface area contributed by atoms with E-state index in [-0.39, 0.29) is 0 Å². The van der Waals surface area contributed by atoms with Gasteiger partial charge in [-0.3, -0.25) is 0 Å². The summed E-state index contributed by atoms with van der Waals surface area (Å²) in [6.07, 6.45) is 4.24. The molecule has 1 aliphatic carbocycles. The number of nitrogens with zero attached hydrogens (tertiary/aromatic N) is 2. The average Bonchev–Trinajstić information content (AvgIpc) is 2.82. The van der Waals surface area contributed by atoms with Crippen LogP contribution in [0.15, 0.2) is 18.3 Å². The summed E-state index contributed by atoms with van der Waals surface area (Å²) in [4.78, 5) is 6.65. The maximum Gasteiger partial charge on any atom is 0.147 e. The van der Waals surface area contributed by atoms with Crippen LogP contribution >= 0.6 is 11.6 Å². The maximum atomic E-state index is 6.16. The third kappa shape index (κ3) is 1.59. The van der Waals surface area contributed by atoms with Gasteiger partial charge in [-0.05, 0) is 36.8 Å². The van der Waals surface area contributed by atoms with E-state index in [1.54, 1.807) is 6.20 Å². The Morgan fingerprint density at radius 1 is 1.38 bits per heavy atom. The summed E-state index contributed by atoms with van der Waals surface area (Å²) in [7, 11) is 0. The number of hydrogen-bond acceptors (Lipinski definition) is 3. The molecule has 3 rings (SSSR count). The van der Waals surface area contributed by atoms with Crippen molar-refractivity contribution in [2.24, 2.45) is 17.6 Å². The lowest BCUT2D eigenvalue weighted by atomic mass is 9.98. The van der Waals surface area contributed by atoms with E-state index in [0.29, 0.717) is 12.0 Å². The Bertz CT molecular complexity index is 396. The number of aromatic nitrogens is 1. The monoisotopic (exact) mass is 237 g/mol. The fourth-order valence-corrected chi connectivity index (χ4v) is 3.33. The summed E-state index contributed by atoms with van der Waals surface area (Å²) >= 11 is 6.16. The molecule has 86 valence electrons. The molecular weight excluding hydrogens is 222 g/mol. The second-order valence-corrected chi connectivity index (χ2v) is 5.29. The summed E-state index contributed by atoms with van der Waals surface area (Å²) < 4.78 is 0. The third-order valence-corrected chi connectivity index (χ3v) is 4.25. The second kappa shape index (κ2) is 3.90. The van der Waals surface area contributed by atoms with Gasteiger partial charge >= 0.3 is 0 Å². The van der Waals surface area contributed by atoms with Gasteiger partial charge in [0.2, 0.25) is 0 Å². The van der Waals surface area contributed by atoms with Crippen molar-refractivity contribution in [2.45, 2.75) is 18.9 Å². The van der Waals surface area contributed by atoms with E-state index in [4.69, 9.17) is 17.3 Å². The highest BCUT2D eigenvalue weighted by Crippen LogP contribution is 2.39. The van der Waals surface area contributed by atoms with Crippen LogP contribution < -0.4 is 10.6 Å². The zero-order valence-electron chi connectivity index (χ0n) is 9.14. The third-order valence-electron chi connectivity index (χ3n) is 3.95. The molecule has 3 nitrogen and oxygen atoms in total. The molecule has 1 saturated carbocycles. The summed E-state index contributed by atoms with van der Waals surface area (Å²) in [5, 5.41) is 0.746. The lowest BCUT2D eigenvalue weighted by Crippen LogP contribution is -2.30. The second-order valence-electron chi connectivity index (χ2n) is 4.88. The van der Waals surface area contributed by atoms with Gasteiger partial charge in [0.25, 0.3) is 0 Å². The predicted octanol–water partition coefficient (Wildman–Crippen LogP) is 1.91. The summed E-state index contributed by atoms with van der Waals surface area (Å²) in [5.41, 5.74) is 6.12. The molecule has 1 aromatic rings. The first-order chi connectivity index (χ1) is 7.75. The molecule has 4 heteroatoms. The normalized spacial score (nSPS) is 33.1. The van der Waals surface area contributed by atoms with E-state index < -0.39 is 0 Å². The first-order valence-electron chi connectivity index (χ1n) is 5.87. The number of halogens is 1. The molecule has 3 unspecified atom stereocenters. The Kier molecular flexibility index (Phi) is 2.52. The van der Waals surface area contributed by atoms with E-state index in [9.17, 15) is 0 Å². The highest BCUT2D eigenvalue weighted by atomic mass is 35.5. The number of pyridine rings is 1. The number of nitrogens with two attached hydrogens (primary N) is 1. The molecule has 1 aliphatic heterocycles. The summed E-state index contributed by atoms with van der Waals surface area (Å²) in [6.45, 7) is 2.08. The van der Waals surface area contributed by atoms with E-state index in [2.05, 4.69) is 9.88 Å². The van der Waals surface area contributed by atoms with Crippen molar-refractivity contribution < 1.29 is 0 Å². The molecule has 1 aromatic heterocycles. The van der Waals surface area contributed by atoms with Crippen LogP contribution in [0.4, 0.5) is 5.82 Å². The lowest BCUT2D eigenvalue weighted by molar-refractivity contribution is 0.453. The van der Waals surface area contributed by atoms with E-state index >= 15 is 0 Å². The first-order valence-corrected chi connectivity index (χ1v) is 6.24. The van der Waals surface area contributed by atoms with Gasteiger partial charge in [-0.2, -0.15) is 0 Å². The van der Waals surface area contributed by atoms with Crippen LogP contribution in [0.3, 0.4) is 0 Å². The smallest absolute Gasteiger partial charge is 0.147 e. The van der Waals surface area contributed by atoms with Crippen LogP contribution in [0.1, 0.15) is 12.8 Å². The molecule has 0 radical (unpaired) electrons. The molecular formula is C12H16ClN3. The number of rotatable bonds is 1. The standard InChI is InChI=1S/C12H16ClN3/c13-10-2-1-5-15-12(10)16-6-8-3-4-11(14)9(8)7-16/h1-2,5,8-9,11H,3-4,6-7,14H2. The number of hydrogen-bond donors (Lipinski definition) is 1. The molecule has 16 heavy (non-hydrogen) atoms. The minimum Gasteiger partial charge on any atom is -0.355 e. The quantitative estimate of drug-likeness (QED) is 0.812. The number of anilines is 1. The molecule has 2 aliphatic rings. The summed E-state index contributed by atoms with van der Waals surface area (Å²) in [6, 6.07) is 4.14. The maximum absolute atomic E-state index is 6.16. The Balaban J connectivity index is 1.82. The van der Waals surface area contributed by atoms with Crippen LogP contribution in [0.25, 0.3) is 0 Å². The largest absolute Gasteiger partial charge is 0.355 e. The molecule has 2 N–H and O–H groups in total. The van der Waals surface area contributed by atoms with Crippen LogP contribution in [-0.4, -0.2) is 24.1 Å². The van der Waals surface area contributed by atoms with Crippen molar-refractivity contribution >= 4 is 17.4 Å². The molecule has 2 heterocycles. The van der Waals surface area contributed by atoms with Crippen molar-refractivity contribution in [2.75, 3.05) is 18.0 Å². The highest BCUT2D eigenvalue weighted by molar-refractivity contribution is 6.32. The average molecular weight is 238 g/mol.